The van der Waals surface area contributed by atoms with Gasteiger partial charge >= 0.3 is 6.18 Å². The van der Waals surface area contributed by atoms with E-state index in [0.717, 1.165) is 11.6 Å². The number of aryl methyl sites for hydroxylation is 2. The van der Waals surface area contributed by atoms with Gasteiger partial charge in [0.05, 0.1) is 29.1 Å². The number of hydrogen-bond acceptors (Lipinski definition) is 8. The van der Waals surface area contributed by atoms with Gasteiger partial charge in [0.2, 0.25) is 5.91 Å². The van der Waals surface area contributed by atoms with Crippen molar-refractivity contribution in [3.8, 4) is 0 Å². The van der Waals surface area contributed by atoms with Crippen molar-refractivity contribution in [1.29, 1.82) is 0 Å². The number of aromatic nitrogens is 2. The monoisotopic (exact) mass is 536 g/mol. The number of nitrogens with two attached hydrogens (primary N) is 1. The fourth-order valence-corrected chi connectivity index (χ4v) is 4.43. The molecule has 208 valence electrons. The summed E-state index contributed by atoms with van der Waals surface area (Å²) in [5, 5.41) is 6.37. The summed E-state index contributed by atoms with van der Waals surface area (Å²) in [5.41, 5.74) is -0.592. The predicted molar refractivity (Wildman–Crippen MR) is 138 cm³/mol. The number of hydrazone groups is 1. The van der Waals surface area contributed by atoms with E-state index in [1.54, 1.807) is 13.8 Å². The molecular formula is C26H35F3N6O3. The topological polar surface area (TPSA) is 123 Å². The van der Waals surface area contributed by atoms with E-state index >= 15 is 0 Å². The fourth-order valence-electron chi connectivity index (χ4n) is 4.43. The molecule has 1 aliphatic heterocycles. The van der Waals surface area contributed by atoms with Gasteiger partial charge in [0.1, 0.15) is 5.69 Å². The maximum Gasteiger partial charge on any atom is 0.412 e. The van der Waals surface area contributed by atoms with Crippen molar-refractivity contribution in [3.05, 3.63) is 40.4 Å². The van der Waals surface area contributed by atoms with Crippen molar-refractivity contribution in [3.63, 3.8) is 0 Å². The number of hydrogen-bond donors (Lipinski definition) is 2. The van der Waals surface area contributed by atoms with Crippen molar-refractivity contribution in [2.24, 2.45) is 22.3 Å². The summed E-state index contributed by atoms with van der Waals surface area (Å²) in [6.45, 7) is 7.08. The standard InChI is InChI=1S/C26H35F3N6O3/c1-14(35(5)6)9-18(13-31-30)20-10-17(7-8-38-20)24(37)34-23-21(32-15(2)16(3)33-23)22(36)25(4)11-19(12-25)26(27,28)29/h9,11,13-14,17,20H,7-8,10,12,30H2,1-6H3,(H,33,34,37)/b18-9+,31-13-. The molecule has 1 saturated heterocycles. The Morgan fingerprint density at radius 2 is 1.92 bits per heavy atom. The van der Waals surface area contributed by atoms with Gasteiger partial charge in [-0.15, -0.1) is 0 Å². The Bertz CT molecular complexity index is 1180. The van der Waals surface area contributed by atoms with Crippen LogP contribution in [0.2, 0.25) is 0 Å². The van der Waals surface area contributed by atoms with Gasteiger partial charge in [-0.25, -0.2) is 9.97 Å². The first-order chi connectivity index (χ1) is 17.7. The Hall–Kier alpha value is -3.12. The minimum atomic E-state index is -4.49. The number of amides is 1. The molecule has 0 saturated carbocycles. The molecule has 1 amide bonds. The maximum atomic E-state index is 13.3. The largest absolute Gasteiger partial charge is 0.412 e. The summed E-state index contributed by atoms with van der Waals surface area (Å²) in [6.07, 6.45) is -0.174. The van der Waals surface area contributed by atoms with Gasteiger partial charge in [0.15, 0.2) is 11.6 Å². The van der Waals surface area contributed by atoms with Crippen LogP contribution in [0.15, 0.2) is 28.4 Å². The van der Waals surface area contributed by atoms with Crippen molar-refractivity contribution in [2.45, 2.75) is 65.3 Å². The van der Waals surface area contributed by atoms with E-state index in [1.165, 1.54) is 13.1 Å². The van der Waals surface area contributed by atoms with Crippen LogP contribution in [0.4, 0.5) is 19.0 Å². The van der Waals surface area contributed by atoms with Gasteiger partial charge < -0.3 is 20.8 Å². The minimum Gasteiger partial charge on any atom is -0.373 e. The summed E-state index contributed by atoms with van der Waals surface area (Å²) in [6, 6.07) is 0.0694. The first kappa shape index (κ1) is 29.4. The first-order valence-electron chi connectivity index (χ1n) is 12.4. The third-order valence-electron chi connectivity index (χ3n) is 7.20. The van der Waals surface area contributed by atoms with Crippen molar-refractivity contribution < 1.29 is 27.5 Å². The molecule has 1 aliphatic carbocycles. The highest BCUT2D eigenvalue weighted by Gasteiger charge is 2.50. The molecule has 3 N–H and O–H groups in total. The Labute approximate surface area is 220 Å². The lowest BCUT2D eigenvalue weighted by molar-refractivity contribution is -0.123. The molecule has 4 atom stereocenters. The summed E-state index contributed by atoms with van der Waals surface area (Å²) < 4.78 is 45.0. The number of alkyl halides is 3. The zero-order valence-electron chi connectivity index (χ0n) is 22.5. The lowest BCUT2D eigenvalue weighted by atomic mass is 9.68. The van der Waals surface area contributed by atoms with Crippen LogP contribution in [0, 0.1) is 25.2 Å². The van der Waals surface area contributed by atoms with Crippen LogP contribution in [-0.4, -0.2) is 71.8 Å². The van der Waals surface area contributed by atoms with Crippen LogP contribution in [0.5, 0.6) is 0 Å². The molecule has 3 rings (SSSR count). The molecule has 0 radical (unpaired) electrons. The number of carbonyl (C=O) groups is 2. The second kappa shape index (κ2) is 11.3. The lowest BCUT2D eigenvalue weighted by Crippen LogP contribution is -2.39. The van der Waals surface area contributed by atoms with E-state index in [0.29, 0.717) is 30.8 Å². The normalized spacial score (nSPS) is 25.2. The van der Waals surface area contributed by atoms with E-state index < -0.39 is 41.4 Å². The lowest BCUT2D eigenvalue weighted by Gasteiger charge is -2.36. The third kappa shape index (κ3) is 6.47. The van der Waals surface area contributed by atoms with Crippen LogP contribution in [0.3, 0.4) is 0 Å². The van der Waals surface area contributed by atoms with Crippen LogP contribution < -0.4 is 11.2 Å². The number of Topliss-reactive ketones (excluding diaryl/α,β-unsaturated/α-hetero) is 1. The summed E-state index contributed by atoms with van der Waals surface area (Å²) in [7, 11) is 3.87. The molecule has 0 spiro atoms. The Balaban J connectivity index is 1.83. The number of carbonyl (C=O) groups excluding carboxylic acids is 2. The number of rotatable bonds is 8. The maximum absolute atomic E-state index is 13.3. The molecule has 12 heteroatoms. The molecule has 9 nitrogen and oxygen atoms in total. The molecule has 1 aromatic heterocycles. The van der Waals surface area contributed by atoms with Gasteiger partial charge in [-0.2, -0.15) is 18.3 Å². The van der Waals surface area contributed by atoms with Crippen molar-refractivity contribution in [2.75, 3.05) is 26.0 Å². The number of allylic oxidation sites excluding steroid dienone is 2. The number of likely N-dealkylation sites (N-methyl/N-ethyl adjacent to an activating group) is 1. The highest BCUT2D eigenvalue weighted by Crippen LogP contribution is 2.48. The fraction of sp³-hybridized carbons (Fsp3) is 0.577. The molecule has 0 bridgehead atoms. The Morgan fingerprint density at radius 1 is 1.29 bits per heavy atom. The number of anilines is 1. The number of nitrogens with one attached hydrogen (secondary N) is 1. The number of nitrogens with zero attached hydrogens (tertiary/aromatic N) is 4. The minimum absolute atomic E-state index is 0.0539. The molecule has 2 heterocycles. The smallest absolute Gasteiger partial charge is 0.373 e. The summed E-state index contributed by atoms with van der Waals surface area (Å²) in [5.74, 6) is 3.88. The van der Waals surface area contributed by atoms with Crippen molar-refractivity contribution in [1.82, 2.24) is 14.9 Å². The Kier molecular flexibility index (Phi) is 8.77. The third-order valence-corrected chi connectivity index (χ3v) is 7.20. The van der Waals surface area contributed by atoms with Gasteiger partial charge in [-0.1, -0.05) is 12.2 Å². The van der Waals surface area contributed by atoms with E-state index in [9.17, 15) is 22.8 Å². The second-order valence-corrected chi connectivity index (χ2v) is 10.4. The molecule has 2 aliphatic rings. The zero-order chi connectivity index (χ0) is 28.4. The highest BCUT2D eigenvalue weighted by molar-refractivity contribution is 6.07. The van der Waals surface area contributed by atoms with Gasteiger partial charge in [-0.3, -0.25) is 9.59 Å². The van der Waals surface area contributed by atoms with Gasteiger partial charge in [0, 0.05) is 24.1 Å². The number of ether oxygens (including phenoxy) is 1. The summed E-state index contributed by atoms with van der Waals surface area (Å²) in [4.78, 5) is 37.3. The highest BCUT2D eigenvalue weighted by atomic mass is 19.4. The number of halogens is 3. The van der Waals surface area contributed by atoms with Crippen LogP contribution >= 0.6 is 0 Å². The summed E-state index contributed by atoms with van der Waals surface area (Å²) >= 11 is 0. The van der Waals surface area contributed by atoms with E-state index in [1.807, 2.05) is 32.0 Å². The zero-order valence-corrected chi connectivity index (χ0v) is 22.5. The molecule has 4 unspecified atom stereocenters. The second-order valence-electron chi connectivity index (χ2n) is 10.4. The average molecular weight is 537 g/mol. The van der Waals surface area contributed by atoms with Gasteiger partial charge in [-0.05, 0) is 66.6 Å². The molecular weight excluding hydrogens is 501 g/mol. The molecule has 0 aromatic carbocycles. The van der Waals surface area contributed by atoms with Crippen LogP contribution in [0.1, 0.15) is 55.0 Å². The molecule has 1 fully saturated rings. The Morgan fingerprint density at radius 3 is 2.50 bits per heavy atom. The van der Waals surface area contributed by atoms with Crippen LogP contribution in [0.25, 0.3) is 0 Å². The van der Waals surface area contributed by atoms with E-state index in [4.69, 9.17) is 10.6 Å². The average Bonchev–Trinajstić information content (AvgIpc) is 2.82. The number of ketones is 1. The molecule has 38 heavy (non-hydrogen) atoms. The van der Waals surface area contributed by atoms with E-state index in [2.05, 4.69) is 20.4 Å². The van der Waals surface area contributed by atoms with Crippen LogP contribution in [-0.2, 0) is 9.53 Å². The SMILES string of the molecule is Cc1nc(NC(=O)C2CCOC(C(/C=N\N)=C/C(C)N(C)C)C2)c(C(=O)C2(C)C=C(C(F)(F)F)C2)nc1C. The van der Waals surface area contributed by atoms with E-state index in [-0.39, 0.29) is 23.5 Å². The first-order valence-corrected chi connectivity index (χ1v) is 12.4. The predicted octanol–water partition coefficient (Wildman–Crippen LogP) is 3.73. The van der Waals surface area contributed by atoms with Gasteiger partial charge in [0.25, 0.3) is 0 Å². The quantitative estimate of drug-likeness (QED) is 0.171. The van der Waals surface area contributed by atoms with Crippen molar-refractivity contribution >= 4 is 23.7 Å². The molecule has 1 aromatic rings.